The van der Waals surface area contributed by atoms with Crippen LogP contribution in [-0.2, 0) is 4.79 Å². The van der Waals surface area contributed by atoms with Gasteiger partial charge in [-0.25, -0.2) is 0 Å². The maximum atomic E-state index is 11.8. The molecular formula is C10H17NOS. The van der Waals surface area contributed by atoms with Crippen molar-refractivity contribution in [3.63, 3.8) is 0 Å². The molecule has 0 saturated carbocycles. The van der Waals surface area contributed by atoms with Gasteiger partial charge in [0.2, 0.25) is 5.91 Å². The fraction of sp³-hybridized carbons (Fsp3) is 0.900. The van der Waals surface area contributed by atoms with Crippen molar-refractivity contribution >= 4 is 17.7 Å². The van der Waals surface area contributed by atoms with Gasteiger partial charge in [0, 0.05) is 13.1 Å². The normalized spacial score (nSPS) is 31.5. The summed E-state index contributed by atoms with van der Waals surface area (Å²) >= 11 is 1.84. The molecule has 0 N–H and O–H groups in total. The van der Waals surface area contributed by atoms with Crippen LogP contribution in [0.3, 0.4) is 0 Å². The molecule has 1 atom stereocenters. The fourth-order valence-corrected chi connectivity index (χ4v) is 3.36. The molecule has 2 aliphatic heterocycles. The van der Waals surface area contributed by atoms with Crippen molar-refractivity contribution in [1.82, 2.24) is 4.90 Å². The van der Waals surface area contributed by atoms with E-state index in [1.165, 1.54) is 12.2 Å². The van der Waals surface area contributed by atoms with Crippen molar-refractivity contribution in [3.8, 4) is 0 Å². The van der Waals surface area contributed by atoms with E-state index >= 15 is 0 Å². The summed E-state index contributed by atoms with van der Waals surface area (Å²) < 4.78 is 0. The number of hydrogen-bond donors (Lipinski definition) is 0. The summed E-state index contributed by atoms with van der Waals surface area (Å²) in [7, 11) is 0. The molecule has 13 heavy (non-hydrogen) atoms. The van der Waals surface area contributed by atoms with Crippen LogP contribution in [0.2, 0.25) is 0 Å². The molecule has 0 aromatic carbocycles. The van der Waals surface area contributed by atoms with E-state index in [2.05, 4.69) is 13.8 Å². The Hall–Kier alpha value is -0.180. The number of thioether (sulfide) groups is 1. The Morgan fingerprint density at radius 2 is 2.15 bits per heavy atom. The molecule has 0 bridgehead atoms. The third-order valence-electron chi connectivity index (χ3n) is 2.75. The van der Waals surface area contributed by atoms with E-state index in [9.17, 15) is 4.79 Å². The minimum atomic E-state index is 0.288. The Kier molecular flexibility index (Phi) is 2.30. The number of likely N-dealkylation sites (tertiary alicyclic amines) is 1. The summed E-state index contributed by atoms with van der Waals surface area (Å²) in [5, 5.41) is 0.288. The summed E-state index contributed by atoms with van der Waals surface area (Å²) in [5.74, 6) is 1.56. The van der Waals surface area contributed by atoms with Crippen LogP contribution < -0.4 is 0 Å². The van der Waals surface area contributed by atoms with E-state index in [0.717, 1.165) is 19.5 Å². The minimum Gasteiger partial charge on any atom is -0.341 e. The maximum absolute atomic E-state index is 11.8. The highest BCUT2D eigenvalue weighted by Crippen LogP contribution is 2.34. The van der Waals surface area contributed by atoms with Gasteiger partial charge in [0.15, 0.2) is 0 Å². The van der Waals surface area contributed by atoms with Crippen LogP contribution in [-0.4, -0.2) is 34.9 Å². The first-order chi connectivity index (χ1) is 6.08. The second-order valence-electron chi connectivity index (χ2n) is 4.86. The summed E-state index contributed by atoms with van der Waals surface area (Å²) in [4.78, 5) is 13.8. The molecule has 2 rings (SSSR count). The first kappa shape index (κ1) is 9.38. The highest BCUT2D eigenvalue weighted by atomic mass is 32.2. The molecule has 2 fully saturated rings. The van der Waals surface area contributed by atoms with Gasteiger partial charge >= 0.3 is 0 Å². The van der Waals surface area contributed by atoms with Crippen LogP contribution in [0, 0.1) is 5.41 Å². The lowest BCUT2D eigenvalue weighted by atomic mass is 9.84. The molecule has 3 heteroatoms. The zero-order valence-corrected chi connectivity index (χ0v) is 9.19. The molecule has 1 unspecified atom stereocenters. The molecule has 0 aromatic rings. The number of amides is 1. The molecule has 0 aliphatic carbocycles. The standard InChI is InChI=1S/C10H17NOS/c1-10(2)6-11(7-10)9(12)8-4-3-5-13-8/h8H,3-7H2,1-2H3. The van der Waals surface area contributed by atoms with Crippen molar-refractivity contribution in [2.45, 2.75) is 31.9 Å². The Balaban J connectivity index is 1.85. The molecule has 0 aromatic heterocycles. The minimum absolute atomic E-state index is 0.288. The molecule has 2 saturated heterocycles. The number of rotatable bonds is 1. The predicted octanol–water partition coefficient (Wildman–Crippen LogP) is 1.75. The molecule has 2 nitrogen and oxygen atoms in total. The Labute approximate surface area is 84.1 Å². The van der Waals surface area contributed by atoms with Crippen LogP contribution >= 0.6 is 11.8 Å². The van der Waals surface area contributed by atoms with Gasteiger partial charge in [-0.2, -0.15) is 0 Å². The van der Waals surface area contributed by atoms with Crippen LogP contribution in [0.1, 0.15) is 26.7 Å². The SMILES string of the molecule is CC1(C)CN(C(=O)C2CCCS2)C1. The predicted molar refractivity (Wildman–Crippen MR) is 55.8 cm³/mol. The lowest BCUT2D eigenvalue weighted by Crippen LogP contribution is -2.57. The van der Waals surface area contributed by atoms with E-state index in [-0.39, 0.29) is 5.25 Å². The Morgan fingerprint density at radius 3 is 2.62 bits per heavy atom. The number of hydrogen-bond acceptors (Lipinski definition) is 2. The number of carbonyl (C=O) groups excluding carboxylic acids is 1. The van der Waals surface area contributed by atoms with E-state index < -0.39 is 0 Å². The zero-order valence-electron chi connectivity index (χ0n) is 8.38. The quantitative estimate of drug-likeness (QED) is 0.641. The van der Waals surface area contributed by atoms with Gasteiger partial charge in [-0.05, 0) is 24.0 Å². The van der Waals surface area contributed by atoms with Crippen LogP contribution in [0.5, 0.6) is 0 Å². The van der Waals surface area contributed by atoms with Crippen LogP contribution in [0.15, 0.2) is 0 Å². The first-order valence-electron chi connectivity index (χ1n) is 4.99. The molecule has 2 aliphatic rings. The van der Waals surface area contributed by atoms with Crippen molar-refractivity contribution in [1.29, 1.82) is 0 Å². The molecule has 1 amide bonds. The van der Waals surface area contributed by atoms with Gasteiger partial charge < -0.3 is 4.90 Å². The van der Waals surface area contributed by atoms with Gasteiger partial charge in [0.05, 0.1) is 5.25 Å². The van der Waals surface area contributed by atoms with Crippen molar-refractivity contribution in [2.75, 3.05) is 18.8 Å². The van der Waals surface area contributed by atoms with Gasteiger partial charge in [0.25, 0.3) is 0 Å². The summed E-state index contributed by atoms with van der Waals surface area (Å²) in [6.45, 7) is 6.36. The third kappa shape index (κ3) is 1.85. The topological polar surface area (TPSA) is 20.3 Å². The van der Waals surface area contributed by atoms with Crippen LogP contribution in [0.25, 0.3) is 0 Å². The molecule has 0 radical (unpaired) electrons. The summed E-state index contributed by atoms with van der Waals surface area (Å²) in [5.41, 5.74) is 0.374. The second kappa shape index (κ2) is 3.19. The summed E-state index contributed by atoms with van der Waals surface area (Å²) in [6, 6.07) is 0. The average Bonchev–Trinajstić information content (AvgIpc) is 2.50. The largest absolute Gasteiger partial charge is 0.341 e. The highest BCUT2D eigenvalue weighted by molar-refractivity contribution is 8.00. The van der Waals surface area contributed by atoms with Gasteiger partial charge in [-0.15, -0.1) is 11.8 Å². The van der Waals surface area contributed by atoms with Gasteiger partial charge in [-0.1, -0.05) is 13.8 Å². The Morgan fingerprint density at radius 1 is 1.46 bits per heavy atom. The zero-order chi connectivity index (χ0) is 9.47. The molecular weight excluding hydrogens is 182 g/mol. The van der Waals surface area contributed by atoms with E-state index in [0.29, 0.717) is 11.3 Å². The lowest BCUT2D eigenvalue weighted by molar-refractivity contribution is -0.140. The number of carbonyl (C=O) groups is 1. The van der Waals surface area contributed by atoms with E-state index in [1.807, 2.05) is 16.7 Å². The van der Waals surface area contributed by atoms with Crippen LogP contribution in [0.4, 0.5) is 0 Å². The average molecular weight is 199 g/mol. The highest BCUT2D eigenvalue weighted by Gasteiger charge is 2.40. The second-order valence-corrected chi connectivity index (χ2v) is 6.17. The van der Waals surface area contributed by atoms with Gasteiger partial charge in [0.1, 0.15) is 0 Å². The molecule has 0 spiro atoms. The summed E-state index contributed by atoms with van der Waals surface area (Å²) in [6.07, 6.45) is 2.32. The monoisotopic (exact) mass is 199 g/mol. The van der Waals surface area contributed by atoms with E-state index in [1.54, 1.807) is 0 Å². The van der Waals surface area contributed by atoms with Crippen molar-refractivity contribution in [2.24, 2.45) is 5.41 Å². The lowest BCUT2D eigenvalue weighted by Gasteiger charge is -2.46. The fourth-order valence-electron chi connectivity index (χ4n) is 2.12. The van der Waals surface area contributed by atoms with E-state index in [4.69, 9.17) is 0 Å². The van der Waals surface area contributed by atoms with Crippen molar-refractivity contribution in [3.05, 3.63) is 0 Å². The smallest absolute Gasteiger partial charge is 0.235 e. The molecule has 2 heterocycles. The first-order valence-corrected chi connectivity index (χ1v) is 6.04. The Bertz CT molecular complexity index is 213. The number of nitrogens with zero attached hydrogens (tertiary/aromatic N) is 1. The maximum Gasteiger partial charge on any atom is 0.235 e. The van der Waals surface area contributed by atoms with Crippen molar-refractivity contribution < 1.29 is 4.79 Å². The third-order valence-corrected chi connectivity index (χ3v) is 4.12. The van der Waals surface area contributed by atoms with Gasteiger partial charge in [-0.3, -0.25) is 4.79 Å². The molecule has 74 valence electrons.